The monoisotopic (exact) mass is 272 g/mol. The molecule has 2 heterocycles. The van der Waals surface area contributed by atoms with Crippen LogP contribution in [0.1, 0.15) is 50.0 Å². The predicted octanol–water partition coefficient (Wildman–Crippen LogP) is 3.29. The highest BCUT2D eigenvalue weighted by molar-refractivity contribution is 5.32. The van der Waals surface area contributed by atoms with E-state index in [0.717, 1.165) is 31.9 Å². The molecule has 1 aromatic carbocycles. The standard InChI is InChI=1S/C16H20N2O2/c1-12(2)14-17-18-15(20-14)16(8-10-19-11-9-16)13-6-4-3-5-7-13/h3-7,12H,8-11H2,1-2H3. The lowest BCUT2D eigenvalue weighted by Gasteiger charge is -2.34. The molecule has 0 bridgehead atoms. The van der Waals surface area contributed by atoms with E-state index in [1.165, 1.54) is 5.56 Å². The maximum absolute atomic E-state index is 5.96. The molecule has 0 amide bonds. The van der Waals surface area contributed by atoms with Crippen molar-refractivity contribution < 1.29 is 9.15 Å². The molecule has 0 spiro atoms. The second-order valence-corrected chi connectivity index (χ2v) is 5.66. The van der Waals surface area contributed by atoms with Gasteiger partial charge in [0.05, 0.1) is 5.41 Å². The number of ether oxygens (including phenoxy) is 1. The zero-order valence-corrected chi connectivity index (χ0v) is 12.0. The number of hydrogen-bond donors (Lipinski definition) is 0. The minimum atomic E-state index is -0.195. The van der Waals surface area contributed by atoms with E-state index in [1.54, 1.807) is 0 Å². The molecular formula is C16H20N2O2. The molecule has 4 heteroatoms. The van der Waals surface area contributed by atoms with Gasteiger partial charge in [-0.3, -0.25) is 0 Å². The molecule has 2 aromatic rings. The zero-order chi connectivity index (χ0) is 14.0. The third-order valence-electron chi connectivity index (χ3n) is 4.02. The molecule has 4 nitrogen and oxygen atoms in total. The summed E-state index contributed by atoms with van der Waals surface area (Å²) in [5.41, 5.74) is 1.04. The number of nitrogens with zero attached hydrogens (tertiary/aromatic N) is 2. The predicted molar refractivity (Wildman–Crippen MR) is 75.7 cm³/mol. The number of benzene rings is 1. The first kappa shape index (κ1) is 13.3. The van der Waals surface area contributed by atoms with Crippen LogP contribution >= 0.6 is 0 Å². The van der Waals surface area contributed by atoms with Gasteiger partial charge in [-0.15, -0.1) is 10.2 Å². The van der Waals surface area contributed by atoms with Gasteiger partial charge < -0.3 is 9.15 Å². The quantitative estimate of drug-likeness (QED) is 0.860. The summed E-state index contributed by atoms with van der Waals surface area (Å²) in [6.45, 7) is 5.59. The first-order valence-electron chi connectivity index (χ1n) is 7.19. The molecule has 0 atom stereocenters. The van der Waals surface area contributed by atoms with Gasteiger partial charge in [0.15, 0.2) is 0 Å². The molecule has 0 aliphatic carbocycles. The smallest absolute Gasteiger partial charge is 0.227 e. The summed E-state index contributed by atoms with van der Waals surface area (Å²) >= 11 is 0. The van der Waals surface area contributed by atoms with Crippen molar-refractivity contribution in [3.63, 3.8) is 0 Å². The van der Waals surface area contributed by atoms with Crippen LogP contribution in [-0.4, -0.2) is 23.4 Å². The fourth-order valence-electron chi connectivity index (χ4n) is 2.76. The minimum Gasteiger partial charge on any atom is -0.424 e. The molecule has 1 aromatic heterocycles. The summed E-state index contributed by atoms with van der Waals surface area (Å²) in [5.74, 6) is 1.70. The van der Waals surface area contributed by atoms with Gasteiger partial charge >= 0.3 is 0 Å². The fraction of sp³-hybridized carbons (Fsp3) is 0.500. The Balaban J connectivity index is 2.05. The zero-order valence-electron chi connectivity index (χ0n) is 12.0. The van der Waals surface area contributed by atoms with Crippen LogP contribution in [0.15, 0.2) is 34.7 Å². The van der Waals surface area contributed by atoms with E-state index in [2.05, 4.69) is 48.3 Å². The molecule has 1 aliphatic rings. The summed E-state index contributed by atoms with van der Waals surface area (Å²) in [4.78, 5) is 0. The van der Waals surface area contributed by atoms with Crippen LogP contribution in [0.5, 0.6) is 0 Å². The van der Waals surface area contributed by atoms with Crippen LogP contribution in [0.2, 0.25) is 0 Å². The van der Waals surface area contributed by atoms with Gasteiger partial charge in [0, 0.05) is 19.1 Å². The lowest BCUT2D eigenvalue weighted by molar-refractivity contribution is 0.0539. The van der Waals surface area contributed by atoms with Crippen LogP contribution < -0.4 is 0 Å². The van der Waals surface area contributed by atoms with E-state index in [1.807, 2.05) is 6.07 Å². The Morgan fingerprint density at radius 1 is 1.05 bits per heavy atom. The van der Waals surface area contributed by atoms with E-state index >= 15 is 0 Å². The largest absolute Gasteiger partial charge is 0.424 e. The van der Waals surface area contributed by atoms with Crippen LogP contribution in [0.25, 0.3) is 0 Å². The van der Waals surface area contributed by atoms with Crippen molar-refractivity contribution in [2.75, 3.05) is 13.2 Å². The topological polar surface area (TPSA) is 48.2 Å². The van der Waals surface area contributed by atoms with Crippen molar-refractivity contribution in [1.29, 1.82) is 0 Å². The summed E-state index contributed by atoms with van der Waals surface area (Å²) in [7, 11) is 0. The molecule has 1 saturated heterocycles. The highest BCUT2D eigenvalue weighted by atomic mass is 16.5. The number of rotatable bonds is 3. The van der Waals surface area contributed by atoms with Crippen molar-refractivity contribution in [1.82, 2.24) is 10.2 Å². The van der Waals surface area contributed by atoms with E-state index in [9.17, 15) is 0 Å². The van der Waals surface area contributed by atoms with Gasteiger partial charge in [-0.25, -0.2) is 0 Å². The molecule has 3 rings (SSSR count). The van der Waals surface area contributed by atoms with E-state index in [-0.39, 0.29) is 11.3 Å². The van der Waals surface area contributed by atoms with Crippen molar-refractivity contribution in [2.45, 2.75) is 38.0 Å². The fourth-order valence-corrected chi connectivity index (χ4v) is 2.76. The van der Waals surface area contributed by atoms with Gasteiger partial charge in [-0.1, -0.05) is 44.2 Å². The number of hydrogen-bond acceptors (Lipinski definition) is 4. The second kappa shape index (κ2) is 5.37. The molecule has 106 valence electrons. The average Bonchev–Trinajstić information content (AvgIpc) is 2.99. The van der Waals surface area contributed by atoms with Crippen molar-refractivity contribution in [3.05, 3.63) is 47.7 Å². The maximum Gasteiger partial charge on any atom is 0.227 e. The van der Waals surface area contributed by atoms with Crippen LogP contribution in [0, 0.1) is 0 Å². The third kappa shape index (κ3) is 2.24. The van der Waals surface area contributed by atoms with Gasteiger partial charge in [0.2, 0.25) is 11.8 Å². The maximum atomic E-state index is 5.96. The van der Waals surface area contributed by atoms with Crippen LogP contribution in [0.3, 0.4) is 0 Å². The molecule has 1 aliphatic heterocycles. The summed E-state index contributed by atoms with van der Waals surface area (Å²) in [5, 5.41) is 8.54. The van der Waals surface area contributed by atoms with Crippen molar-refractivity contribution >= 4 is 0 Å². The number of aromatic nitrogens is 2. The van der Waals surface area contributed by atoms with Gasteiger partial charge in [-0.2, -0.15) is 0 Å². The highest BCUT2D eigenvalue weighted by Gasteiger charge is 2.41. The van der Waals surface area contributed by atoms with Crippen LogP contribution in [0.4, 0.5) is 0 Å². The Labute approximate surface area is 119 Å². The Morgan fingerprint density at radius 2 is 1.75 bits per heavy atom. The molecule has 0 radical (unpaired) electrons. The third-order valence-corrected chi connectivity index (χ3v) is 4.02. The van der Waals surface area contributed by atoms with E-state index in [4.69, 9.17) is 9.15 Å². The molecular weight excluding hydrogens is 252 g/mol. The molecule has 0 N–H and O–H groups in total. The first-order chi connectivity index (χ1) is 9.72. The van der Waals surface area contributed by atoms with Crippen molar-refractivity contribution in [3.8, 4) is 0 Å². The lowest BCUT2D eigenvalue weighted by atomic mass is 9.74. The Hall–Kier alpha value is -1.68. The normalized spacial score (nSPS) is 18.4. The van der Waals surface area contributed by atoms with Gasteiger partial charge in [0.1, 0.15) is 0 Å². The SMILES string of the molecule is CC(C)c1nnc(C2(c3ccccc3)CCOCC2)o1. The minimum absolute atomic E-state index is 0.195. The Bertz CT molecular complexity index is 557. The van der Waals surface area contributed by atoms with Crippen LogP contribution in [-0.2, 0) is 10.2 Å². The summed E-state index contributed by atoms with van der Waals surface area (Å²) < 4.78 is 11.5. The van der Waals surface area contributed by atoms with Crippen molar-refractivity contribution in [2.24, 2.45) is 0 Å². The Morgan fingerprint density at radius 3 is 2.35 bits per heavy atom. The summed E-state index contributed by atoms with van der Waals surface area (Å²) in [6, 6.07) is 10.4. The Kier molecular flexibility index (Phi) is 3.57. The molecule has 0 saturated carbocycles. The first-order valence-corrected chi connectivity index (χ1v) is 7.19. The lowest BCUT2D eigenvalue weighted by Crippen LogP contribution is -2.35. The second-order valence-electron chi connectivity index (χ2n) is 5.66. The van der Waals surface area contributed by atoms with Gasteiger partial charge in [-0.05, 0) is 18.4 Å². The van der Waals surface area contributed by atoms with E-state index in [0.29, 0.717) is 5.89 Å². The highest BCUT2D eigenvalue weighted by Crippen LogP contribution is 2.40. The van der Waals surface area contributed by atoms with Gasteiger partial charge in [0.25, 0.3) is 0 Å². The average molecular weight is 272 g/mol. The van der Waals surface area contributed by atoms with E-state index < -0.39 is 0 Å². The molecule has 20 heavy (non-hydrogen) atoms. The molecule has 0 unspecified atom stereocenters. The summed E-state index contributed by atoms with van der Waals surface area (Å²) in [6.07, 6.45) is 1.77. The molecule has 1 fully saturated rings.